The number of ether oxygens (including phenoxy) is 2. The van der Waals surface area contributed by atoms with Crippen LogP contribution in [-0.4, -0.2) is 66.0 Å². The van der Waals surface area contributed by atoms with Crippen molar-refractivity contribution in [2.45, 2.75) is 57.2 Å². The molecular formula is C37H42N6O5S. The van der Waals surface area contributed by atoms with E-state index in [1.807, 2.05) is 52.2 Å². The number of aromatic nitrogens is 1. The standard InChI is InChI=1S/C37H42N6O5S/c38-28(19-30-23-49-24-40-30)20-39-16-2-1-3-17-47-32-13-9-29(10-14-32)41-36(45)26-6-4-25(5-7-26)21-43(31-11-12-31)37(46)27-8-15-33-34(18-27)48-22-35(44)42-33/h4-10,13-15,18,23-24,28,31,39H,1-3,11-12,16-17,19-22,38H2,(H,41,45)(H,42,44)/t28-/m0/s1. The first-order valence-electron chi connectivity index (χ1n) is 16.8. The summed E-state index contributed by atoms with van der Waals surface area (Å²) in [5.41, 5.74) is 12.3. The lowest BCUT2D eigenvalue weighted by atomic mass is 10.1. The molecule has 3 amide bonds. The summed E-state index contributed by atoms with van der Waals surface area (Å²) in [5, 5.41) is 11.2. The Kier molecular flexibility index (Phi) is 11.5. The van der Waals surface area contributed by atoms with E-state index >= 15 is 0 Å². The lowest BCUT2D eigenvalue weighted by molar-refractivity contribution is -0.118. The lowest BCUT2D eigenvalue weighted by Crippen LogP contribution is -2.36. The van der Waals surface area contributed by atoms with Crippen LogP contribution in [0.1, 0.15) is 64.1 Å². The van der Waals surface area contributed by atoms with Crippen molar-refractivity contribution in [1.82, 2.24) is 15.2 Å². The van der Waals surface area contributed by atoms with Gasteiger partial charge in [-0.15, -0.1) is 11.3 Å². The minimum atomic E-state index is -0.214. The van der Waals surface area contributed by atoms with Gasteiger partial charge in [0, 0.05) is 53.8 Å². The van der Waals surface area contributed by atoms with Crippen LogP contribution in [-0.2, 0) is 17.8 Å². The number of unbranched alkanes of at least 4 members (excludes halogenated alkanes) is 2. The maximum absolute atomic E-state index is 13.5. The molecule has 0 radical (unpaired) electrons. The molecule has 1 fully saturated rings. The van der Waals surface area contributed by atoms with Crippen molar-refractivity contribution in [1.29, 1.82) is 0 Å². The Morgan fingerprint density at radius 2 is 1.84 bits per heavy atom. The molecule has 1 aromatic heterocycles. The third-order valence-corrected chi connectivity index (χ3v) is 9.05. The fraction of sp³-hybridized carbons (Fsp3) is 0.351. The summed E-state index contributed by atoms with van der Waals surface area (Å²) in [6.45, 7) is 2.70. The van der Waals surface area contributed by atoms with Crippen LogP contribution < -0.4 is 31.2 Å². The molecule has 0 spiro atoms. The number of rotatable bonds is 17. The Balaban J connectivity index is 0.901. The molecule has 3 aromatic carbocycles. The molecule has 49 heavy (non-hydrogen) atoms. The molecular weight excluding hydrogens is 641 g/mol. The van der Waals surface area contributed by atoms with Gasteiger partial charge in [0.2, 0.25) is 0 Å². The SMILES string of the molecule is N[C@H](CNCCCCCOc1ccc(NC(=O)c2ccc(CN(C(=O)c3ccc4c(c3)OCC(=O)N4)C3CC3)cc2)cc1)Cc1cscn1. The number of nitrogens with zero attached hydrogens (tertiary/aromatic N) is 2. The van der Waals surface area contributed by atoms with Gasteiger partial charge < -0.3 is 36.1 Å². The van der Waals surface area contributed by atoms with Crippen molar-refractivity contribution in [2.75, 3.05) is 36.9 Å². The molecule has 12 heteroatoms. The topological polar surface area (TPSA) is 148 Å². The molecule has 0 saturated heterocycles. The summed E-state index contributed by atoms with van der Waals surface area (Å²) in [6.07, 6.45) is 5.78. The summed E-state index contributed by atoms with van der Waals surface area (Å²) >= 11 is 1.59. The maximum Gasteiger partial charge on any atom is 0.262 e. The van der Waals surface area contributed by atoms with E-state index in [2.05, 4.69) is 20.9 Å². The Bertz CT molecular complexity index is 1710. The van der Waals surface area contributed by atoms with Gasteiger partial charge in [-0.1, -0.05) is 12.1 Å². The van der Waals surface area contributed by atoms with E-state index in [1.165, 1.54) is 0 Å². The number of carbonyl (C=O) groups is 3. The molecule has 4 aromatic rings. The number of carbonyl (C=O) groups excluding carboxylic acids is 3. The second-order valence-corrected chi connectivity index (χ2v) is 13.2. The van der Waals surface area contributed by atoms with E-state index < -0.39 is 0 Å². The highest BCUT2D eigenvalue weighted by molar-refractivity contribution is 7.07. The van der Waals surface area contributed by atoms with Crippen LogP contribution in [0, 0.1) is 0 Å². The van der Waals surface area contributed by atoms with Crippen LogP contribution in [0.3, 0.4) is 0 Å². The quantitative estimate of drug-likeness (QED) is 0.111. The Labute approximate surface area is 290 Å². The minimum absolute atomic E-state index is 0.0667. The fourth-order valence-electron chi connectivity index (χ4n) is 5.61. The van der Waals surface area contributed by atoms with Crippen LogP contribution in [0.2, 0.25) is 0 Å². The average molecular weight is 683 g/mol. The number of anilines is 2. The zero-order valence-corrected chi connectivity index (χ0v) is 28.2. The number of nitrogens with one attached hydrogen (secondary N) is 3. The number of hydrogen-bond donors (Lipinski definition) is 4. The molecule has 6 rings (SSSR count). The third-order valence-electron chi connectivity index (χ3n) is 8.42. The van der Waals surface area contributed by atoms with Gasteiger partial charge in [0.15, 0.2) is 6.61 Å². The van der Waals surface area contributed by atoms with Crippen LogP contribution in [0.4, 0.5) is 11.4 Å². The predicted octanol–water partition coefficient (Wildman–Crippen LogP) is 5.24. The third kappa shape index (κ3) is 9.88. The van der Waals surface area contributed by atoms with E-state index in [1.54, 1.807) is 41.7 Å². The highest BCUT2D eigenvalue weighted by atomic mass is 32.1. The Morgan fingerprint density at radius 1 is 1.04 bits per heavy atom. The van der Waals surface area contributed by atoms with Gasteiger partial charge in [0.05, 0.1) is 23.5 Å². The van der Waals surface area contributed by atoms with Gasteiger partial charge in [-0.3, -0.25) is 14.4 Å². The first-order chi connectivity index (χ1) is 23.9. The number of amides is 3. The molecule has 5 N–H and O–H groups in total. The summed E-state index contributed by atoms with van der Waals surface area (Å²) in [6, 6.07) is 20.1. The maximum atomic E-state index is 13.5. The molecule has 2 aliphatic rings. The highest BCUT2D eigenvalue weighted by Crippen LogP contribution is 2.33. The summed E-state index contributed by atoms with van der Waals surface area (Å²) in [7, 11) is 0. The van der Waals surface area contributed by atoms with E-state index in [0.717, 1.165) is 68.6 Å². The summed E-state index contributed by atoms with van der Waals surface area (Å²) < 4.78 is 11.4. The van der Waals surface area contributed by atoms with Gasteiger partial charge in [-0.05, 0) is 98.8 Å². The molecule has 2 heterocycles. The molecule has 1 aliphatic carbocycles. The fourth-order valence-corrected chi connectivity index (χ4v) is 6.18. The molecule has 0 unspecified atom stereocenters. The number of hydrogen-bond acceptors (Lipinski definition) is 9. The van der Waals surface area contributed by atoms with Crippen molar-refractivity contribution in [3.8, 4) is 11.5 Å². The zero-order chi connectivity index (χ0) is 34.0. The van der Waals surface area contributed by atoms with E-state index in [0.29, 0.717) is 41.4 Å². The molecule has 256 valence electrons. The predicted molar refractivity (Wildman–Crippen MR) is 190 cm³/mol. The van der Waals surface area contributed by atoms with E-state index in [4.69, 9.17) is 15.2 Å². The number of thiazole rings is 1. The summed E-state index contributed by atoms with van der Waals surface area (Å²) in [4.78, 5) is 44.1. The van der Waals surface area contributed by atoms with Crippen molar-refractivity contribution >= 4 is 40.4 Å². The number of benzene rings is 3. The number of fused-ring (bicyclic) bond motifs is 1. The number of nitrogens with two attached hydrogens (primary N) is 1. The van der Waals surface area contributed by atoms with Gasteiger partial charge >= 0.3 is 0 Å². The zero-order valence-electron chi connectivity index (χ0n) is 27.4. The smallest absolute Gasteiger partial charge is 0.262 e. The Hall–Kier alpha value is -4.78. The molecule has 1 saturated carbocycles. The normalized spacial score (nSPS) is 14.3. The Morgan fingerprint density at radius 3 is 2.59 bits per heavy atom. The molecule has 11 nitrogen and oxygen atoms in total. The van der Waals surface area contributed by atoms with Crippen molar-refractivity contribution < 1.29 is 23.9 Å². The monoisotopic (exact) mass is 682 g/mol. The van der Waals surface area contributed by atoms with E-state index in [9.17, 15) is 14.4 Å². The largest absolute Gasteiger partial charge is 0.494 e. The van der Waals surface area contributed by atoms with Gasteiger partial charge in [0.25, 0.3) is 17.7 Å². The molecule has 1 aliphatic heterocycles. The average Bonchev–Trinajstić information content (AvgIpc) is 3.83. The second kappa shape index (κ2) is 16.6. The minimum Gasteiger partial charge on any atom is -0.494 e. The first-order valence-corrected chi connectivity index (χ1v) is 17.7. The van der Waals surface area contributed by atoms with Crippen LogP contribution >= 0.6 is 11.3 Å². The highest BCUT2D eigenvalue weighted by Gasteiger charge is 2.33. The van der Waals surface area contributed by atoms with Gasteiger partial charge in [-0.25, -0.2) is 4.98 Å². The van der Waals surface area contributed by atoms with Crippen LogP contribution in [0.5, 0.6) is 11.5 Å². The van der Waals surface area contributed by atoms with Crippen molar-refractivity contribution in [3.05, 3.63) is 100 Å². The van der Waals surface area contributed by atoms with Gasteiger partial charge in [0.1, 0.15) is 11.5 Å². The van der Waals surface area contributed by atoms with Gasteiger partial charge in [-0.2, -0.15) is 0 Å². The second-order valence-electron chi connectivity index (χ2n) is 12.4. The molecule has 1 atom stereocenters. The summed E-state index contributed by atoms with van der Waals surface area (Å²) in [5.74, 6) is 0.739. The van der Waals surface area contributed by atoms with Crippen molar-refractivity contribution in [3.63, 3.8) is 0 Å². The lowest BCUT2D eigenvalue weighted by Gasteiger charge is -2.24. The molecule has 0 bridgehead atoms. The van der Waals surface area contributed by atoms with Crippen molar-refractivity contribution in [2.24, 2.45) is 5.73 Å². The van der Waals surface area contributed by atoms with Crippen LogP contribution in [0.15, 0.2) is 77.6 Å². The first kappa shape index (κ1) is 34.1. The van der Waals surface area contributed by atoms with E-state index in [-0.39, 0.29) is 36.4 Å². The van der Waals surface area contributed by atoms with Crippen LogP contribution in [0.25, 0.3) is 0 Å².